The maximum absolute atomic E-state index is 14.3. The fourth-order valence-corrected chi connectivity index (χ4v) is 4.60. The topological polar surface area (TPSA) is 46.6 Å². The van der Waals surface area contributed by atoms with E-state index in [1.807, 2.05) is 0 Å². The van der Waals surface area contributed by atoms with E-state index >= 15 is 0 Å². The number of ether oxygens (including phenoxy) is 1. The minimum Gasteiger partial charge on any atom is -0.466 e. The van der Waals surface area contributed by atoms with E-state index in [-0.39, 0.29) is 25.5 Å². The Morgan fingerprint density at radius 3 is 2.81 bits per heavy atom. The molecule has 1 amide bonds. The summed E-state index contributed by atoms with van der Waals surface area (Å²) in [6, 6.07) is 9.88. The number of nitrogens with zero attached hydrogens (tertiary/aromatic N) is 1. The van der Waals surface area contributed by atoms with Crippen LogP contribution in [0.2, 0.25) is 5.02 Å². The highest BCUT2D eigenvalue weighted by Crippen LogP contribution is 2.42. The number of esters is 1. The first-order chi connectivity index (χ1) is 12.9. The van der Waals surface area contributed by atoms with Gasteiger partial charge in [-0.2, -0.15) is 0 Å². The average molecular weight is 473 g/mol. The Morgan fingerprint density at radius 2 is 2.11 bits per heavy atom. The zero-order chi connectivity index (χ0) is 19.6. The molecule has 0 N–H and O–H groups in total. The van der Waals surface area contributed by atoms with Crippen molar-refractivity contribution in [1.82, 2.24) is 0 Å². The van der Waals surface area contributed by atoms with Crippen molar-refractivity contribution >= 4 is 56.9 Å². The largest absolute Gasteiger partial charge is 0.466 e. The molecule has 1 unspecified atom stereocenters. The average Bonchev–Trinajstić information content (AvgIpc) is 2.60. The summed E-state index contributed by atoms with van der Waals surface area (Å²) in [5, 5.41) is -0.117. The molecular weight excluding hydrogens is 457 g/mol. The van der Waals surface area contributed by atoms with Crippen LogP contribution < -0.4 is 4.90 Å². The van der Waals surface area contributed by atoms with Crippen LogP contribution in [0.25, 0.3) is 0 Å². The lowest BCUT2D eigenvalue weighted by Crippen LogP contribution is -2.41. The standard InChI is InChI=1S/C19H16BrClFNO3S/c1-2-26-18(24)9-17-19(25)23(10-11-3-4-12(20)7-14(11)22)15-6-5-13(21)8-16(15)27-17/h3-8,17H,2,9-10H2,1H3. The Hall–Kier alpha value is -1.57. The zero-order valence-corrected chi connectivity index (χ0v) is 17.5. The molecule has 0 fully saturated rings. The van der Waals surface area contributed by atoms with Crippen molar-refractivity contribution in [1.29, 1.82) is 0 Å². The minimum absolute atomic E-state index is 0.0530. The quantitative estimate of drug-likeness (QED) is 0.561. The SMILES string of the molecule is CCOC(=O)CC1Sc2cc(Cl)ccc2N(Cc2ccc(Br)cc2F)C1=O. The predicted molar refractivity (Wildman–Crippen MR) is 108 cm³/mol. The number of hydrogen-bond donors (Lipinski definition) is 0. The molecule has 0 aliphatic carbocycles. The smallest absolute Gasteiger partial charge is 0.307 e. The van der Waals surface area contributed by atoms with Crippen molar-refractivity contribution in [2.24, 2.45) is 0 Å². The number of carbonyl (C=O) groups excluding carboxylic acids is 2. The van der Waals surface area contributed by atoms with Gasteiger partial charge in [0.1, 0.15) is 5.82 Å². The van der Waals surface area contributed by atoms with Crippen LogP contribution in [-0.4, -0.2) is 23.7 Å². The molecule has 1 heterocycles. The third-order valence-electron chi connectivity index (χ3n) is 4.02. The molecule has 4 nitrogen and oxygen atoms in total. The molecule has 3 rings (SSSR count). The van der Waals surface area contributed by atoms with Gasteiger partial charge in [-0.05, 0) is 37.3 Å². The van der Waals surface area contributed by atoms with Crippen molar-refractivity contribution in [3.63, 3.8) is 0 Å². The van der Waals surface area contributed by atoms with Gasteiger partial charge in [0.2, 0.25) is 5.91 Å². The highest BCUT2D eigenvalue weighted by Gasteiger charge is 2.35. The summed E-state index contributed by atoms with van der Waals surface area (Å²) >= 11 is 10.6. The first-order valence-corrected chi connectivity index (χ1v) is 10.3. The summed E-state index contributed by atoms with van der Waals surface area (Å²) in [6.07, 6.45) is -0.0530. The van der Waals surface area contributed by atoms with Crippen LogP contribution in [0.5, 0.6) is 0 Å². The van der Waals surface area contributed by atoms with E-state index in [1.165, 1.54) is 22.7 Å². The number of carbonyl (C=O) groups is 2. The summed E-state index contributed by atoms with van der Waals surface area (Å²) in [4.78, 5) is 27.2. The van der Waals surface area contributed by atoms with Gasteiger partial charge in [0, 0.05) is 20.0 Å². The highest BCUT2D eigenvalue weighted by molar-refractivity contribution is 9.10. The van der Waals surface area contributed by atoms with Gasteiger partial charge in [0.15, 0.2) is 0 Å². The van der Waals surface area contributed by atoms with Crippen molar-refractivity contribution < 1.29 is 18.7 Å². The van der Waals surface area contributed by atoms with E-state index in [9.17, 15) is 14.0 Å². The van der Waals surface area contributed by atoms with Crippen LogP contribution in [0, 0.1) is 5.82 Å². The summed E-state index contributed by atoms with van der Waals surface area (Å²) < 4.78 is 19.9. The van der Waals surface area contributed by atoms with E-state index in [0.29, 0.717) is 20.7 Å². The normalized spacial score (nSPS) is 16.2. The van der Waals surface area contributed by atoms with Gasteiger partial charge in [-0.3, -0.25) is 9.59 Å². The lowest BCUT2D eigenvalue weighted by atomic mass is 10.1. The van der Waals surface area contributed by atoms with E-state index in [2.05, 4.69) is 15.9 Å². The number of thioether (sulfide) groups is 1. The van der Waals surface area contributed by atoms with Gasteiger partial charge in [-0.1, -0.05) is 33.6 Å². The van der Waals surface area contributed by atoms with Crippen LogP contribution in [0.3, 0.4) is 0 Å². The molecular formula is C19H16BrClFNO3S. The molecule has 1 atom stereocenters. The van der Waals surface area contributed by atoms with E-state index in [0.717, 1.165) is 4.90 Å². The van der Waals surface area contributed by atoms with Crippen LogP contribution >= 0.6 is 39.3 Å². The number of halogens is 3. The molecule has 0 saturated heterocycles. The van der Waals surface area contributed by atoms with Crippen molar-refractivity contribution in [2.75, 3.05) is 11.5 Å². The summed E-state index contributed by atoms with van der Waals surface area (Å²) in [5.41, 5.74) is 1.03. The van der Waals surface area contributed by atoms with E-state index in [4.69, 9.17) is 16.3 Å². The Bertz CT molecular complexity index is 895. The Balaban J connectivity index is 1.94. The van der Waals surface area contributed by atoms with Gasteiger partial charge < -0.3 is 9.64 Å². The highest BCUT2D eigenvalue weighted by atomic mass is 79.9. The molecule has 0 spiro atoms. The lowest BCUT2D eigenvalue weighted by Gasteiger charge is -2.33. The number of amides is 1. The second-order valence-electron chi connectivity index (χ2n) is 5.89. The van der Waals surface area contributed by atoms with Crippen LogP contribution in [0.15, 0.2) is 45.8 Å². The van der Waals surface area contributed by atoms with Gasteiger partial charge in [0.05, 0.1) is 30.5 Å². The first kappa shape index (κ1) is 20.2. The molecule has 0 bridgehead atoms. The molecule has 142 valence electrons. The van der Waals surface area contributed by atoms with Gasteiger partial charge in [0.25, 0.3) is 0 Å². The molecule has 0 aromatic heterocycles. The molecule has 1 aliphatic rings. The molecule has 27 heavy (non-hydrogen) atoms. The maximum atomic E-state index is 14.3. The predicted octanol–water partition coefficient (Wildman–Crippen LogP) is 5.20. The Morgan fingerprint density at radius 1 is 1.33 bits per heavy atom. The fourth-order valence-electron chi connectivity index (χ4n) is 2.79. The monoisotopic (exact) mass is 471 g/mol. The van der Waals surface area contributed by atoms with Crippen LogP contribution in [0.1, 0.15) is 18.9 Å². The van der Waals surface area contributed by atoms with Gasteiger partial charge in [-0.15, -0.1) is 11.8 Å². The number of hydrogen-bond acceptors (Lipinski definition) is 4. The molecule has 2 aromatic carbocycles. The lowest BCUT2D eigenvalue weighted by molar-refractivity contribution is -0.144. The Labute approximate surface area is 174 Å². The zero-order valence-electron chi connectivity index (χ0n) is 14.4. The van der Waals surface area contributed by atoms with E-state index < -0.39 is 17.0 Å². The second kappa shape index (κ2) is 8.63. The number of anilines is 1. The van der Waals surface area contributed by atoms with Gasteiger partial charge in [-0.25, -0.2) is 4.39 Å². The number of rotatable bonds is 5. The van der Waals surface area contributed by atoms with Crippen LogP contribution in [0.4, 0.5) is 10.1 Å². The van der Waals surface area contributed by atoms with Gasteiger partial charge >= 0.3 is 5.97 Å². The number of fused-ring (bicyclic) bond motifs is 1. The second-order valence-corrected chi connectivity index (χ2v) is 8.48. The molecule has 0 radical (unpaired) electrons. The number of benzene rings is 2. The summed E-state index contributed by atoms with van der Waals surface area (Å²) in [7, 11) is 0. The van der Waals surface area contributed by atoms with Crippen molar-refractivity contribution in [3.8, 4) is 0 Å². The van der Waals surface area contributed by atoms with Crippen molar-refractivity contribution in [3.05, 3.63) is 57.3 Å². The first-order valence-electron chi connectivity index (χ1n) is 8.26. The third kappa shape index (κ3) is 4.65. The maximum Gasteiger partial charge on any atom is 0.307 e. The molecule has 8 heteroatoms. The van der Waals surface area contributed by atoms with Crippen molar-refractivity contribution in [2.45, 2.75) is 30.0 Å². The molecule has 1 aliphatic heterocycles. The Kier molecular flexibility index (Phi) is 6.44. The summed E-state index contributed by atoms with van der Waals surface area (Å²) in [5.74, 6) is -1.11. The van der Waals surface area contributed by atoms with E-state index in [1.54, 1.807) is 37.3 Å². The fraction of sp³-hybridized carbons (Fsp3) is 0.263. The molecule has 0 saturated carbocycles. The third-order valence-corrected chi connectivity index (χ3v) is 5.99. The van der Waals surface area contributed by atoms with Crippen LogP contribution in [-0.2, 0) is 20.9 Å². The molecule has 2 aromatic rings. The summed E-state index contributed by atoms with van der Waals surface area (Å²) in [6.45, 7) is 2.03. The minimum atomic E-state index is -0.645.